The number of hydrogen-bond acceptors (Lipinski definition) is 5. The Kier molecular flexibility index (Phi) is 7.43. The van der Waals surface area contributed by atoms with Crippen LogP contribution in [0.1, 0.15) is 44.2 Å². The van der Waals surface area contributed by atoms with E-state index >= 15 is 0 Å². The SMILES string of the molecule is CCCCC=CCCN1C(=O)C2C(C(=O)O)NC(c3ccc(Oc4ccccc4)cc3)C2C1=O. The molecule has 2 amide bonds. The van der Waals surface area contributed by atoms with E-state index in [1.165, 1.54) is 4.90 Å². The molecule has 7 heteroatoms. The number of likely N-dealkylation sites (tertiary alicyclic amines) is 1. The first-order valence-electron chi connectivity index (χ1n) is 11.8. The van der Waals surface area contributed by atoms with E-state index in [4.69, 9.17) is 4.74 Å². The van der Waals surface area contributed by atoms with Gasteiger partial charge < -0.3 is 9.84 Å². The Balaban J connectivity index is 1.49. The average Bonchev–Trinajstić information content (AvgIpc) is 3.35. The van der Waals surface area contributed by atoms with Gasteiger partial charge in [-0.15, -0.1) is 0 Å². The van der Waals surface area contributed by atoms with Gasteiger partial charge >= 0.3 is 5.97 Å². The number of benzene rings is 2. The van der Waals surface area contributed by atoms with Crippen LogP contribution in [0, 0.1) is 11.8 Å². The lowest BCUT2D eigenvalue weighted by Crippen LogP contribution is -2.43. The molecule has 2 aromatic carbocycles. The quantitative estimate of drug-likeness (QED) is 0.310. The van der Waals surface area contributed by atoms with Gasteiger partial charge in [0.2, 0.25) is 11.8 Å². The molecule has 0 bridgehead atoms. The molecule has 2 aliphatic heterocycles. The normalized spacial score (nSPS) is 24.1. The molecule has 4 rings (SSSR count). The first kappa shape index (κ1) is 23.7. The Hall–Kier alpha value is -3.45. The summed E-state index contributed by atoms with van der Waals surface area (Å²) in [5.41, 5.74) is 0.752. The summed E-state index contributed by atoms with van der Waals surface area (Å²) in [6, 6.07) is 14.9. The first-order chi connectivity index (χ1) is 16.5. The summed E-state index contributed by atoms with van der Waals surface area (Å²) < 4.78 is 5.83. The van der Waals surface area contributed by atoms with Crippen molar-refractivity contribution in [3.63, 3.8) is 0 Å². The van der Waals surface area contributed by atoms with Gasteiger partial charge in [-0.1, -0.05) is 62.2 Å². The molecule has 4 unspecified atom stereocenters. The maximum Gasteiger partial charge on any atom is 0.321 e. The Morgan fingerprint density at radius 3 is 2.29 bits per heavy atom. The maximum absolute atomic E-state index is 13.2. The number of rotatable bonds is 10. The predicted octanol–water partition coefficient (Wildman–Crippen LogP) is 4.31. The molecule has 178 valence electrons. The van der Waals surface area contributed by atoms with E-state index in [0.29, 0.717) is 17.9 Å². The smallest absolute Gasteiger partial charge is 0.321 e. The summed E-state index contributed by atoms with van der Waals surface area (Å²) in [6.45, 7) is 2.40. The number of imide groups is 1. The number of carboxylic acid groups (broad SMARTS) is 1. The van der Waals surface area contributed by atoms with E-state index in [-0.39, 0.29) is 12.5 Å². The zero-order valence-electron chi connectivity index (χ0n) is 19.2. The highest BCUT2D eigenvalue weighted by Crippen LogP contribution is 2.44. The first-order valence-corrected chi connectivity index (χ1v) is 11.8. The van der Waals surface area contributed by atoms with E-state index in [1.807, 2.05) is 48.5 Å². The molecule has 2 aromatic rings. The second-order valence-electron chi connectivity index (χ2n) is 8.73. The number of carbonyl (C=O) groups is 3. The van der Waals surface area contributed by atoms with Crippen LogP contribution >= 0.6 is 0 Å². The Morgan fingerprint density at radius 1 is 0.971 bits per heavy atom. The van der Waals surface area contributed by atoms with Gasteiger partial charge in [-0.05, 0) is 42.7 Å². The molecule has 2 saturated heterocycles. The van der Waals surface area contributed by atoms with E-state index in [9.17, 15) is 19.5 Å². The molecule has 2 heterocycles. The molecule has 0 spiro atoms. The van der Waals surface area contributed by atoms with Crippen LogP contribution in [0.3, 0.4) is 0 Å². The third-order valence-electron chi connectivity index (χ3n) is 6.46. The summed E-state index contributed by atoms with van der Waals surface area (Å²) in [5, 5.41) is 12.8. The molecule has 0 radical (unpaired) electrons. The number of aliphatic carboxylic acids is 1. The maximum atomic E-state index is 13.2. The van der Waals surface area contributed by atoms with Gasteiger partial charge in [-0.2, -0.15) is 0 Å². The van der Waals surface area contributed by atoms with Crippen molar-refractivity contribution in [3.8, 4) is 11.5 Å². The molecule has 0 saturated carbocycles. The number of nitrogens with zero attached hydrogens (tertiary/aromatic N) is 1. The number of carbonyl (C=O) groups excluding carboxylic acids is 2. The van der Waals surface area contributed by atoms with Crippen molar-refractivity contribution < 1.29 is 24.2 Å². The number of fused-ring (bicyclic) bond motifs is 1. The Morgan fingerprint density at radius 2 is 1.62 bits per heavy atom. The van der Waals surface area contributed by atoms with Crippen LogP contribution in [0.2, 0.25) is 0 Å². The molecule has 4 atom stereocenters. The summed E-state index contributed by atoms with van der Waals surface area (Å²) in [5.74, 6) is -2.13. The van der Waals surface area contributed by atoms with E-state index < -0.39 is 35.8 Å². The van der Waals surface area contributed by atoms with Crippen molar-refractivity contribution in [1.29, 1.82) is 0 Å². The monoisotopic (exact) mass is 462 g/mol. The van der Waals surface area contributed by atoms with Crippen LogP contribution in [-0.2, 0) is 14.4 Å². The average molecular weight is 463 g/mol. The highest BCUT2D eigenvalue weighted by Gasteiger charge is 2.60. The number of nitrogens with one attached hydrogen (secondary N) is 1. The summed E-state index contributed by atoms with van der Waals surface area (Å²) >= 11 is 0. The number of unbranched alkanes of at least 4 members (excludes halogenated alkanes) is 2. The molecule has 2 N–H and O–H groups in total. The van der Waals surface area contributed by atoms with Crippen LogP contribution in [0.4, 0.5) is 0 Å². The second-order valence-corrected chi connectivity index (χ2v) is 8.73. The fourth-order valence-corrected chi connectivity index (χ4v) is 4.75. The van der Waals surface area contributed by atoms with Crippen LogP contribution in [0.15, 0.2) is 66.7 Å². The van der Waals surface area contributed by atoms with Gasteiger partial charge in [0, 0.05) is 12.6 Å². The van der Waals surface area contributed by atoms with Crippen molar-refractivity contribution in [1.82, 2.24) is 10.2 Å². The van der Waals surface area contributed by atoms with E-state index in [0.717, 1.165) is 24.8 Å². The van der Waals surface area contributed by atoms with Crippen molar-refractivity contribution in [2.45, 2.75) is 44.7 Å². The van der Waals surface area contributed by atoms with Gasteiger partial charge in [-0.3, -0.25) is 24.6 Å². The summed E-state index contributed by atoms with van der Waals surface area (Å²) in [7, 11) is 0. The molecular formula is C27H30N2O5. The zero-order valence-corrected chi connectivity index (χ0v) is 19.2. The third-order valence-corrected chi connectivity index (χ3v) is 6.46. The molecule has 0 aromatic heterocycles. The van der Waals surface area contributed by atoms with Gasteiger partial charge in [0.15, 0.2) is 0 Å². The number of allylic oxidation sites excluding steroid dienone is 1. The van der Waals surface area contributed by atoms with E-state index in [1.54, 1.807) is 12.1 Å². The van der Waals surface area contributed by atoms with Crippen LogP contribution in [0.25, 0.3) is 0 Å². The van der Waals surface area contributed by atoms with Crippen molar-refractivity contribution in [2.24, 2.45) is 11.8 Å². The lowest BCUT2D eigenvalue weighted by molar-refractivity contribution is -0.146. The largest absolute Gasteiger partial charge is 0.480 e. The zero-order chi connectivity index (χ0) is 24.1. The van der Waals surface area contributed by atoms with Crippen molar-refractivity contribution >= 4 is 17.8 Å². The number of amides is 2. The summed E-state index contributed by atoms with van der Waals surface area (Å²) in [4.78, 5) is 39.5. The molecule has 34 heavy (non-hydrogen) atoms. The van der Waals surface area contributed by atoms with E-state index in [2.05, 4.69) is 18.3 Å². The van der Waals surface area contributed by atoms with Crippen LogP contribution in [-0.4, -0.2) is 40.4 Å². The van der Waals surface area contributed by atoms with Crippen molar-refractivity contribution in [2.75, 3.05) is 6.54 Å². The predicted molar refractivity (Wildman–Crippen MR) is 127 cm³/mol. The minimum Gasteiger partial charge on any atom is -0.480 e. The highest BCUT2D eigenvalue weighted by molar-refractivity contribution is 6.08. The van der Waals surface area contributed by atoms with Crippen LogP contribution < -0.4 is 10.1 Å². The van der Waals surface area contributed by atoms with Gasteiger partial charge in [0.25, 0.3) is 0 Å². The molecular weight excluding hydrogens is 432 g/mol. The Labute approximate surface area is 199 Å². The number of para-hydroxylation sites is 1. The standard InChI is InChI=1S/C27H30N2O5/c1-2-3-4-5-6-10-17-29-25(30)21-22(26(29)31)24(27(32)33)28-23(21)18-13-15-20(16-14-18)34-19-11-8-7-9-12-19/h5-9,11-16,21-24,28H,2-4,10,17H2,1H3,(H,32,33). The van der Waals surface area contributed by atoms with Gasteiger partial charge in [0.05, 0.1) is 11.8 Å². The lowest BCUT2D eigenvalue weighted by Gasteiger charge is -2.21. The number of hydrogen-bond donors (Lipinski definition) is 2. The topological polar surface area (TPSA) is 95.9 Å². The second kappa shape index (κ2) is 10.7. The third kappa shape index (κ3) is 4.89. The van der Waals surface area contributed by atoms with Crippen molar-refractivity contribution in [3.05, 3.63) is 72.3 Å². The molecule has 0 aliphatic carbocycles. The summed E-state index contributed by atoms with van der Waals surface area (Å²) in [6.07, 6.45) is 7.81. The minimum atomic E-state index is -1.12. The highest BCUT2D eigenvalue weighted by atomic mass is 16.5. The van der Waals surface area contributed by atoms with Crippen LogP contribution in [0.5, 0.6) is 11.5 Å². The number of ether oxygens (including phenoxy) is 1. The number of carboxylic acids is 1. The fourth-order valence-electron chi connectivity index (χ4n) is 4.75. The molecule has 2 fully saturated rings. The lowest BCUT2D eigenvalue weighted by atomic mass is 9.86. The Bertz CT molecular complexity index is 1050. The minimum absolute atomic E-state index is 0.274. The molecule has 7 nitrogen and oxygen atoms in total. The fraction of sp³-hybridized carbons (Fsp3) is 0.370. The molecule has 2 aliphatic rings. The van der Waals surface area contributed by atoms with Gasteiger partial charge in [-0.25, -0.2) is 0 Å². The van der Waals surface area contributed by atoms with Gasteiger partial charge in [0.1, 0.15) is 17.5 Å².